The summed E-state index contributed by atoms with van der Waals surface area (Å²) in [6, 6.07) is 6.18. The van der Waals surface area contributed by atoms with E-state index in [0.29, 0.717) is 64.2 Å². The first kappa shape index (κ1) is 29.3. The van der Waals surface area contributed by atoms with Crippen LogP contribution in [-0.2, 0) is 0 Å². The number of alkyl halides is 2. The van der Waals surface area contributed by atoms with Crippen LogP contribution in [0.15, 0.2) is 30.3 Å². The Kier molecular flexibility index (Phi) is 10.1. The molecule has 208 valence electrons. The number of hydrogen-bond acceptors (Lipinski definition) is 6. The van der Waals surface area contributed by atoms with Gasteiger partial charge in [0.15, 0.2) is 0 Å². The highest BCUT2D eigenvalue weighted by Crippen LogP contribution is 2.45. The predicted molar refractivity (Wildman–Crippen MR) is 143 cm³/mol. The van der Waals surface area contributed by atoms with Gasteiger partial charge in [0.05, 0.1) is 18.2 Å². The third-order valence-corrected chi connectivity index (χ3v) is 7.82. The molecule has 0 bridgehead atoms. The van der Waals surface area contributed by atoms with Gasteiger partial charge in [0.25, 0.3) is 12.3 Å². The van der Waals surface area contributed by atoms with E-state index in [1.807, 2.05) is 0 Å². The number of nitrogens with zero attached hydrogens (tertiary/aromatic N) is 2. The molecule has 1 aliphatic heterocycles. The van der Waals surface area contributed by atoms with Gasteiger partial charge >= 0.3 is 0 Å². The van der Waals surface area contributed by atoms with Gasteiger partial charge in [-0.25, -0.2) is 13.2 Å². The van der Waals surface area contributed by atoms with Gasteiger partial charge in [-0.2, -0.15) is 0 Å². The molecule has 1 amide bonds. The molecule has 6 nitrogen and oxygen atoms in total. The summed E-state index contributed by atoms with van der Waals surface area (Å²) >= 11 is 13.1. The van der Waals surface area contributed by atoms with Crippen LogP contribution in [0.1, 0.15) is 66.1 Å². The van der Waals surface area contributed by atoms with E-state index >= 15 is 0 Å². The topological polar surface area (TPSA) is 65.0 Å². The minimum Gasteiger partial charge on any atom is -0.493 e. The number of carbonyl (C=O) groups excluding carboxylic acids is 1. The summed E-state index contributed by atoms with van der Waals surface area (Å²) in [5.74, 6) is -0.277. The Morgan fingerprint density at radius 3 is 2.39 bits per heavy atom. The summed E-state index contributed by atoms with van der Waals surface area (Å²) in [6.07, 6.45) is 0.515. The molecule has 38 heavy (non-hydrogen) atoms. The van der Waals surface area contributed by atoms with E-state index in [0.717, 1.165) is 30.4 Å². The van der Waals surface area contributed by atoms with Crippen molar-refractivity contribution >= 4 is 41.1 Å². The molecule has 2 aromatic rings. The largest absolute Gasteiger partial charge is 0.493 e. The van der Waals surface area contributed by atoms with Crippen molar-refractivity contribution in [3.8, 4) is 5.75 Å². The summed E-state index contributed by atoms with van der Waals surface area (Å²) in [4.78, 5) is 14.2. The SMILES string of the molecule is CCSN(O)NC(=O)c1cc(C2CC2)c(OCC2CCN(C(c3cc(Cl)cc(Cl)c3)C(F)F)CC2)cc1F. The summed E-state index contributed by atoms with van der Waals surface area (Å²) in [6.45, 7) is 3.01. The number of hydrogen-bond donors (Lipinski definition) is 2. The molecule has 2 fully saturated rings. The Bertz CT molecular complexity index is 1110. The van der Waals surface area contributed by atoms with E-state index in [1.165, 1.54) is 30.3 Å². The van der Waals surface area contributed by atoms with Crippen LogP contribution in [0.5, 0.6) is 5.75 Å². The maximum absolute atomic E-state index is 14.9. The lowest BCUT2D eigenvalue weighted by molar-refractivity contribution is -0.0246. The zero-order valence-electron chi connectivity index (χ0n) is 20.8. The quantitative estimate of drug-likeness (QED) is 0.214. The summed E-state index contributed by atoms with van der Waals surface area (Å²) in [7, 11) is 0. The standard InChI is InChI=1S/C26H30Cl2F3N3O3S/c1-2-38-34(36)32-26(35)21-12-20(16-3-4-16)23(13-22(21)29)37-14-15-5-7-33(8-6-15)24(25(30)31)17-9-18(27)11-19(28)10-17/h9-13,15-16,24-25,36H,2-8,14H2,1H3,(H,32,35). The fourth-order valence-corrected chi connectivity index (χ4v) is 5.69. The first-order chi connectivity index (χ1) is 18.2. The second kappa shape index (κ2) is 13.1. The minimum absolute atomic E-state index is 0.111. The van der Waals surface area contributed by atoms with Crippen LogP contribution < -0.4 is 10.2 Å². The molecule has 1 aliphatic carbocycles. The summed E-state index contributed by atoms with van der Waals surface area (Å²) in [5, 5.41) is 10.3. The molecule has 2 aromatic carbocycles. The van der Waals surface area contributed by atoms with Gasteiger partial charge in [0.2, 0.25) is 0 Å². The molecule has 1 heterocycles. The molecule has 2 N–H and O–H groups in total. The molecule has 1 atom stereocenters. The Balaban J connectivity index is 1.38. The molecule has 2 aliphatic rings. The molecule has 1 unspecified atom stereocenters. The van der Waals surface area contributed by atoms with Crippen LogP contribution >= 0.6 is 35.1 Å². The van der Waals surface area contributed by atoms with Crippen LogP contribution in [0.25, 0.3) is 0 Å². The van der Waals surface area contributed by atoms with Crippen molar-refractivity contribution in [2.75, 3.05) is 25.4 Å². The number of halogens is 5. The zero-order chi connectivity index (χ0) is 27.4. The van der Waals surface area contributed by atoms with Crippen molar-refractivity contribution in [2.45, 2.75) is 51.0 Å². The lowest BCUT2D eigenvalue weighted by Crippen LogP contribution is -2.40. The zero-order valence-corrected chi connectivity index (χ0v) is 23.1. The van der Waals surface area contributed by atoms with Crippen LogP contribution in [0.2, 0.25) is 10.0 Å². The monoisotopic (exact) mass is 591 g/mol. The second-order valence-corrected chi connectivity index (χ2v) is 11.6. The van der Waals surface area contributed by atoms with E-state index < -0.39 is 24.2 Å². The molecule has 0 aromatic heterocycles. The number of nitrogens with one attached hydrogen (secondary N) is 1. The molecule has 1 saturated heterocycles. The van der Waals surface area contributed by atoms with Crippen molar-refractivity contribution in [1.29, 1.82) is 0 Å². The van der Waals surface area contributed by atoms with Crippen molar-refractivity contribution < 1.29 is 27.9 Å². The molecular weight excluding hydrogens is 562 g/mol. The van der Waals surface area contributed by atoms with Gasteiger partial charge in [0, 0.05) is 21.9 Å². The third kappa shape index (κ3) is 7.49. The van der Waals surface area contributed by atoms with Gasteiger partial charge in [-0.1, -0.05) is 30.1 Å². The number of ether oxygens (including phenoxy) is 1. The second-order valence-electron chi connectivity index (χ2n) is 9.55. The minimum atomic E-state index is -2.60. The first-order valence-electron chi connectivity index (χ1n) is 12.5. The lowest BCUT2D eigenvalue weighted by Gasteiger charge is -2.37. The summed E-state index contributed by atoms with van der Waals surface area (Å²) in [5.41, 5.74) is 3.21. The number of amides is 1. The molecular formula is C26H30Cl2F3N3O3S. The van der Waals surface area contributed by atoms with Crippen molar-refractivity contribution in [3.63, 3.8) is 0 Å². The number of piperidine rings is 1. The maximum atomic E-state index is 14.9. The highest BCUT2D eigenvalue weighted by Gasteiger charge is 2.34. The van der Waals surface area contributed by atoms with Gasteiger partial charge in [-0.05, 0) is 103 Å². The summed E-state index contributed by atoms with van der Waals surface area (Å²) < 4.78 is 49.5. The number of likely N-dealkylation sites (tertiary alicyclic amines) is 1. The lowest BCUT2D eigenvalue weighted by atomic mass is 9.94. The normalized spacial score (nSPS) is 17.7. The van der Waals surface area contributed by atoms with Crippen LogP contribution in [0.4, 0.5) is 13.2 Å². The number of hydrazine groups is 1. The Morgan fingerprint density at radius 2 is 1.82 bits per heavy atom. The highest BCUT2D eigenvalue weighted by molar-refractivity contribution is 7.96. The molecule has 1 saturated carbocycles. The van der Waals surface area contributed by atoms with Crippen molar-refractivity contribution in [3.05, 3.63) is 62.9 Å². The van der Waals surface area contributed by atoms with E-state index in [4.69, 9.17) is 27.9 Å². The van der Waals surface area contributed by atoms with Crippen molar-refractivity contribution in [2.24, 2.45) is 5.92 Å². The highest BCUT2D eigenvalue weighted by atomic mass is 35.5. The van der Waals surface area contributed by atoms with Crippen LogP contribution in [-0.4, -0.2) is 52.5 Å². The number of carbonyl (C=O) groups is 1. The van der Waals surface area contributed by atoms with Gasteiger partial charge in [-0.3, -0.25) is 20.3 Å². The fraction of sp³-hybridized carbons (Fsp3) is 0.500. The molecule has 0 radical (unpaired) electrons. The average molecular weight is 593 g/mol. The molecule has 12 heteroatoms. The first-order valence-corrected chi connectivity index (χ1v) is 14.2. The number of rotatable bonds is 11. The van der Waals surface area contributed by atoms with Crippen LogP contribution in [0.3, 0.4) is 0 Å². The van der Waals surface area contributed by atoms with Crippen molar-refractivity contribution in [1.82, 2.24) is 14.9 Å². The van der Waals surface area contributed by atoms with E-state index in [2.05, 4.69) is 5.43 Å². The maximum Gasteiger partial charge on any atom is 0.271 e. The Hall–Kier alpha value is -1.69. The predicted octanol–water partition coefficient (Wildman–Crippen LogP) is 7.11. The van der Waals surface area contributed by atoms with E-state index in [1.54, 1.807) is 11.8 Å². The van der Waals surface area contributed by atoms with Crippen LogP contribution in [0, 0.1) is 11.7 Å². The van der Waals surface area contributed by atoms with E-state index in [9.17, 15) is 23.2 Å². The van der Waals surface area contributed by atoms with E-state index in [-0.39, 0.29) is 17.4 Å². The third-order valence-electron chi connectivity index (χ3n) is 6.79. The van der Waals surface area contributed by atoms with Gasteiger partial charge in [0.1, 0.15) is 11.6 Å². The molecule has 0 spiro atoms. The number of benzene rings is 2. The average Bonchev–Trinajstić information content (AvgIpc) is 3.68. The smallest absolute Gasteiger partial charge is 0.271 e. The Labute approximate surface area is 234 Å². The Morgan fingerprint density at radius 1 is 1.16 bits per heavy atom. The fourth-order valence-electron chi connectivity index (χ4n) is 4.75. The molecule has 4 rings (SSSR count). The van der Waals surface area contributed by atoms with Gasteiger partial charge in [-0.15, -0.1) is 0 Å². The van der Waals surface area contributed by atoms with Gasteiger partial charge < -0.3 is 4.74 Å².